The van der Waals surface area contributed by atoms with E-state index in [2.05, 4.69) is 34.6 Å². The van der Waals surface area contributed by atoms with E-state index in [0.29, 0.717) is 45.8 Å². The Hall–Kier alpha value is -2.36. The molecule has 8 nitrogen and oxygen atoms in total. The first kappa shape index (κ1) is 48.7. The molecule has 9 atom stereocenters. The van der Waals surface area contributed by atoms with Crippen molar-refractivity contribution in [1.29, 1.82) is 0 Å². The Morgan fingerprint density at radius 1 is 0.767 bits per heavy atom. The van der Waals surface area contributed by atoms with Crippen LogP contribution in [0.2, 0.25) is 10.0 Å². The van der Waals surface area contributed by atoms with Crippen molar-refractivity contribution in [1.82, 2.24) is 0 Å². The average Bonchev–Trinajstić information content (AvgIpc) is 3.51. The van der Waals surface area contributed by atoms with E-state index < -0.39 is 23.9 Å². The minimum absolute atomic E-state index is 0. The normalized spacial score (nSPS) is 28.6. The van der Waals surface area contributed by atoms with Gasteiger partial charge in [0.05, 0.1) is 10.0 Å². The van der Waals surface area contributed by atoms with E-state index in [4.69, 9.17) is 32.7 Å². The number of carbonyl (C=O) groups excluding carboxylic acids is 2. The first-order chi connectivity index (χ1) is 27.8. The standard InChI is InChI=1S/C49H64Cl2O8.Na/c1-27(2)10-8-11-28(3)39-16-17-40-36-15-14-34-22-31(18-20-48(34,6)41(36)19-21-49(39,40)7)12-9-13-35(32-23-37(46(54)55)44(42(50)25-32)58-29(4)52)33-24-38(47(56)57)45(43(51)26-33)59-30(5)53;/h13,23-28,31,34,36,39-41H,8-12,14-22H2,1-7H3,(H,54,55)(H,56,57);/t28-,31+,34+,36+,39-,40+,41+,48+,49-;/m1./s1. The molecule has 0 heterocycles. The van der Waals surface area contributed by atoms with Gasteiger partial charge in [-0.2, -0.15) is 0 Å². The number of hydrogen-bond acceptors (Lipinski definition) is 6. The Morgan fingerprint density at radius 3 is 1.85 bits per heavy atom. The summed E-state index contributed by atoms with van der Waals surface area (Å²) >= 11 is 13.1. The summed E-state index contributed by atoms with van der Waals surface area (Å²) in [5, 5.41) is 20.1. The minimum Gasteiger partial charge on any atom is -0.478 e. The number of halogens is 2. The zero-order valence-corrected chi connectivity index (χ0v) is 40.5. The molecule has 0 saturated heterocycles. The molecule has 0 unspecified atom stereocenters. The SMILES string of the molecule is CC(=O)Oc1c(Cl)cc(C(=CCC[C@H]2CC[C@@]3(C)[C@@H](CC[C@@H]4[C@@H]3CC[C@]3(C)[C@@H]([C@H](C)CCCC(C)C)CC[C@@H]43)C2)c2cc(Cl)c(OC(C)=O)c(C(=O)O)c2)cc1C(=O)O.[Na]. The van der Waals surface area contributed by atoms with Gasteiger partial charge in [-0.25, -0.2) is 9.59 Å². The number of ether oxygens (including phenoxy) is 2. The largest absolute Gasteiger partial charge is 0.478 e. The van der Waals surface area contributed by atoms with E-state index in [9.17, 15) is 29.4 Å². The van der Waals surface area contributed by atoms with Crippen LogP contribution in [-0.4, -0.2) is 63.6 Å². The number of aromatic carboxylic acids is 2. The number of allylic oxidation sites excluding steroid dienone is 1. The maximum Gasteiger partial charge on any atom is 0.339 e. The Morgan fingerprint density at radius 2 is 1.32 bits per heavy atom. The van der Waals surface area contributed by atoms with Crippen molar-refractivity contribution in [3.63, 3.8) is 0 Å². The Kier molecular flexibility index (Phi) is 16.2. The van der Waals surface area contributed by atoms with Crippen molar-refractivity contribution in [3.05, 3.63) is 62.6 Å². The molecule has 0 aromatic heterocycles. The van der Waals surface area contributed by atoms with E-state index in [1.165, 1.54) is 94.9 Å². The number of fused-ring (bicyclic) bond motifs is 5. The van der Waals surface area contributed by atoms with Crippen LogP contribution in [0.5, 0.6) is 11.5 Å². The van der Waals surface area contributed by atoms with Crippen LogP contribution in [-0.2, 0) is 9.59 Å². The summed E-state index contributed by atoms with van der Waals surface area (Å²) in [5.74, 6) is 1.48. The molecule has 2 aromatic carbocycles. The summed E-state index contributed by atoms with van der Waals surface area (Å²) in [6, 6.07) is 5.75. The molecule has 0 aliphatic heterocycles. The van der Waals surface area contributed by atoms with Crippen LogP contribution in [0.1, 0.15) is 170 Å². The van der Waals surface area contributed by atoms with Gasteiger partial charge in [0, 0.05) is 43.4 Å². The van der Waals surface area contributed by atoms with Gasteiger partial charge < -0.3 is 19.7 Å². The van der Waals surface area contributed by atoms with Crippen molar-refractivity contribution >= 4 is 82.2 Å². The Balaban J connectivity index is 0.00000683. The van der Waals surface area contributed by atoms with Crippen LogP contribution in [0.3, 0.4) is 0 Å². The van der Waals surface area contributed by atoms with E-state index in [1.807, 2.05) is 6.08 Å². The van der Waals surface area contributed by atoms with Gasteiger partial charge in [-0.15, -0.1) is 0 Å². The van der Waals surface area contributed by atoms with Crippen molar-refractivity contribution in [3.8, 4) is 11.5 Å². The number of carbonyl (C=O) groups is 4. The molecule has 60 heavy (non-hydrogen) atoms. The molecule has 2 N–H and O–H groups in total. The topological polar surface area (TPSA) is 127 Å². The van der Waals surface area contributed by atoms with Crippen LogP contribution in [0, 0.1) is 58.2 Å². The zero-order valence-electron chi connectivity index (χ0n) is 37.0. The summed E-state index contributed by atoms with van der Waals surface area (Å²) in [5.41, 5.74) is 1.49. The van der Waals surface area contributed by atoms with E-state index in [0.717, 1.165) is 62.2 Å². The predicted octanol–water partition coefficient (Wildman–Crippen LogP) is 12.8. The first-order valence-electron chi connectivity index (χ1n) is 22.0. The van der Waals surface area contributed by atoms with Gasteiger partial charge in [-0.3, -0.25) is 9.59 Å². The molecule has 6 rings (SSSR count). The quantitative estimate of drug-likeness (QED) is 0.109. The van der Waals surface area contributed by atoms with E-state index in [-0.39, 0.29) is 62.2 Å². The molecule has 0 bridgehead atoms. The van der Waals surface area contributed by atoms with E-state index in [1.54, 1.807) is 0 Å². The van der Waals surface area contributed by atoms with Gasteiger partial charge >= 0.3 is 23.9 Å². The van der Waals surface area contributed by atoms with Gasteiger partial charge in [0.25, 0.3) is 0 Å². The van der Waals surface area contributed by atoms with Crippen molar-refractivity contribution in [2.45, 2.75) is 138 Å². The number of carboxylic acid groups (broad SMARTS) is 2. The van der Waals surface area contributed by atoms with Gasteiger partial charge in [0.2, 0.25) is 0 Å². The molecular weight excluding hydrogens is 810 g/mol. The summed E-state index contributed by atoms with van der Waals surface area (Å²) in [7, 11) is 0. The molecule has 2 aromatic rings. The van der Waals surface area contributed by atoms with Gasteiger partial charge in [-0.05, 0) is 170 Å². The molecule has 4 saturated carbocycles. The van der Waals surface area contributed by atoms with Gasteiger partial charge in [0.1, 0.15) is 11.1 Å². The summed E-state index contributed by atoms with van der Waals surface area (Å²) in [6.45, 7) is 14.9. The van der Waals surface area contributed by atoms with Crippen LogP contribution >= 0.6 is 23.2 Å². The molecule has 4 fully saturated rings. The number of carboxylic acids is 2. The summed E-state index contributed by atoms with van der Waals surface area (Å²) in [4.78, 5) is 48.5. The second-order valence-corrected chi connectivity index (χ2v) is 20.3. The van der Waals surface area contributed by atoms with Crippen molar-refractivity contribution in [2.75, 3.05) is 0 Å². The van der Waals surface area contributed by atoms with Gasteiger partial charge in [0.15, 0.2) is 11.5 Å². The van der Waals surface area contributed by atoms with Crippen LogP contribution in [0.25, 0.3) is 5.57 Å². The third-order valence-corrected chi connectivity index (χ3v) is 16.1. The molecule has 11 heteroatoms. The van der Waals surface area contributed by atoms with E-state index >= 15 is 0 Å². The zero-order chi connectivity index (χ0) is 43.0. The maximum atomic E-state index is 12.4. The summed E-state index contributed by atoms with van der Waals surface area (Å²) < 4.78 is 10.4. The molecule has 323 valence electrons. The van der Waals surface area contributed by atoms with Crippen LogP contribution < -0.4 is 9.47 Å². The molecule has 0 spiro atoms. The summed E-state index contributed by atoms with van der Waals surface area (Å²) in [6.07, 6.45) is 19.4. The number of rotatable bonds is 14. The molecule has 1 radical (unpaired) electrons. The molecular formula is C49H64Cl2NaO8. The van der Waals surface area contributed by atoms with Crippen molar-refractivity contribution in [2.24, 2.45) is 58.2 Å². The number of esters is 2. The second-order valence-electron chi connectivity index (χ2n) is 19.5. The number of hydrogen-bond donors (Lipinski definition) is 2. The minimum atomic E-state index is -1.35. The second kappa shape index (κ2) is 20.0. The van der Waals surface area contributed by atoms with Crippen LogP contribution in [0.15, 0.2) is 30.3 Å². The third kappa shape index (κ3) is 10.2. The molecule has 0 amide bonds. The molecule has 4 aliphatic rings. The predicted molar refractivity (Wildman–Crippen MR) is 238 cm³/mol. The maximum absolute atomic E-state index is 12.4. The fourth-order valence-corrected chi connectivity index (χ4v) is 13.3. The average molecular weight is 875 g/mol. The fourth-order valence-electron chi connectivity index (χ4n) is 12.8. The third-order valence-electron chi connectivity index (χ3n) is 15.6. The van der Waals surface area contributed by atoms with Crippen LogP contribution in [0.4, 0.5) is 0 Å². The first-order valence-corrected chi connectivity index (χ1v) is 22.8. The number of benzene rings is 2. The Bertz CT molecular complexity index is 1890. The van der Waals surface area contributed by atoms with Crippen molar-refractivity contribution < 1.29 is 38.9 Å². The monoisotopic (exact) mass is 873 g/mol. The molecule has 4 aliphatic carbocycles. The smallest absolute Gasteiger partial charge is 0.339 e. The van der Waals surface area contributed by atoms with Gasteiger partial charge in [-0.1, -0.05) is 83.2 Å². The Labute approximate surface area is 389 Å². The fraction of sp³-hybridized carbons (Fsp3) is 0.633.